The Hall–Kier alpha value is -1.02. The van der Waals surface area contributed by atoms with Crippen LogP contribution in [0.5, 0.6) is 0 Å². The van der Waals surface area contributed by atoms with Gasteiger partial charge < -0.3 is 28.8 Å². The van der Waals surface area contributed by atoms with E-state index in [1.165, 1.54) is 180 Å². The van der Waals surface area contributed by atoms with Gasteiger partial charge in [-0.2, -0.15) is 0 Å². The minimum absolute atomic E-state index is 0.00408. The Labute approximate surface area is 360 Å². The van der Waals surface area contributed by atoms with Gasteiger partial charge in [-0.15, -0.1) is 0 Å². The lowest BCUT2D eigenvalue weighted by molar-refractivity contribution is -0.870. The highest BCUT2D eigenvalue weighted by atomic mass is 31.2. The molecule has 0 bridgehead atoms. The predicted molar refractivity (Wildman–Crippen MR) is 247 cm³/mol. The zero-order chi connectivity index (χ0) is 42.8. The van der Waals surface area contributed by atoms with Crippen LogP contribution >= 0.6 is 7.82 Å². The van der Waals surface area contributed by atoms with E-state index in [9.17, 15) is 19.4 Å². The van der Waals surface area contributed by atoms with Crippen molar-refractivity contribution < 1.29 is 32.9 Å². The maximum atomic E-state index is 12.8. The summed E-state index contributed by atoms with van der Waals surface area (Å²) in [5, 5.41) is 13.8. The summed E-state index contributed by atoms with van der Waals surface area (Å²) in [5.74, 6) is -0.270. The maximum absolute atomic E-state index is 12.8. The summed E-state index contributed by atoms with van der Waals surface area (Å²) < 4.78 is 23.2. The van der Waals surface area contributed by atoms with Crippen LogP contribution in [0.3, 0.4) is 0 Å². The molecule has 0 aliphatic heterocycles. The summed E-state index contributed by atoms with van der Waals surface area (Å²) in [6.07, 6.45) is 49.6. The standard InChI is InChI=1S/C49H97N2O6P/c1-6-8-10-12-14-16-18-20-21-22-23-24-25-26-27-28-29-31-33-35-37-39-41-43-49(53)50-47(46-57-58(54,55)56-45-44-51(3,4)5)48(52)42-40-38-36-34-32-30-19-17-15-13-11-9-7-2/h38-41,47-48,52H,6-37,42-46H2,1-5H3,(H-,50,53,54,55)/t47-,48+/m0/s1. The fourth-order valence-corrected chi connectivity index (χ4v) is 7.97. The molecular weight excluding hydrogens is 744 g/mol. The number of carbonyl (C=O) groups is 1. The lowest BCUT2D eigenvalue weighted by Gasteiger charge is -2.29. The van der Waals surface area contributed by atoms with E-state index in [0.29, 0.717) is 17.4 Å². The van der Waals surface area contributed by atoms with Crippen molar-refractivity contribution >= 4 is 13.7 Å². The average Bonchev–Trinajstić information content (AvgIpc) is 3.17. The SMILES string of the molecule is CCCCCCCCCCCCC=CC[C@@H](O)[C@H](COP(=O)([O-])OCC[N+](C)(C)C)NC(=O)CC=CCCCCCCCCCCCCCCCCCCCCCC. The normalized spacial score (nSPS) is 14.4. The third kappa shape index (κ3) is 43.1. The van der Waals surface area contributed by atoms with Crippen molar-refractivity contribution in [2.24, 2.45) is 0 Å². The zero-order valence-electron chi connectivity index (χ0n) is 39.0. The molecule has 0 saturated carbocycles. The first-order chi connectivity index (χ1) is 28.0. The minimum Gasteiger partial charge on any atom is -0.756 e. The van der Waals surface area contributed by atoms with Gasteiger partial charge in [0.1, 0.15) is 13.2 Å². The number of quaternary nitrogens is 1. The van der Waals surface area contributed by atoms with Crippen molar-refractivity contribution in [3.8, 4) is 0 Å². The second-order valence-electron chi connectivity index (χ2n) is 18.2. The Balaban J connectivity index is 4.28. The second-order valence-corrected chi connectivity index (χ2v) is 19.6. The third-order valence-electron chi connectivity index (χ3n) is 11.2. The highest BCUT2D eigenvalue weighted by Gasteiger charge is 2.23. The van der Waals surface area contributed by atoms with Gasteiger partial charge in [-0.3, -0.25) is 9.36 Å². The van der Waals surface area contributed by atoms with Crippen molar-refractivity contribution in [2.75, 3.05) is 40.9 Å². The number of phosphoric acid groups is 1. The van der Waals surface area contributed by atoms with Crippen LogP contribution in [0.2, 0.25) is 0 Å². The van der Waals surface area contributed by atoms with E-state index in [-0.39, 0.29) is 25.5 Å². The zero-order valence-corrected chi connectivity index (χ0v) is 39.9. The summed E-state index contributed by atoms with van der Waals surface area (Å²) in [7, 11) is 1.25. The summed E-state index contributed by atoms with van der Waals surface area (Å²) in [6.45, 7) is 4.65. The first kappa shape index (κ1) is 57.0. The smallest absolute Gasteiger partial charge is 0.268 e. The van der Waals surface area contributed by atoms with Crippen LogP contribution in [0.15, 0.2) is 24.3 Å². The number of nitrogens with one attached hydrogen (secondary N) is 1. The molecule has 58 heavy (non-hydrogen) atoms. The molecule has 0 heterocycles. The van der Waals surface area contributed by atoms with E-state index in [1.807, 2.05) is 33.3 Å². The molecule has 344 valence electrons. The van der Waals surface area contributed by atoms with Gasteiger partial charge in [0, 0.05) is 6.42 Å². The lowest BCUT2D eigenvalue weighted by atomic mass is 10.0. The van der Waals surface area contributed by atoms with Crippen LogP contribution < -0.4 is 10.2 Å². The van der Waals surface area contributed by atoms with Gasteiger partial charge in [0.2, 0.25) is 5.91 Å². The Bertz CT molecular complexity index is 1000. The largest absolute Gasteiger partial charge is 0.756 e. The van der Waals surface area contributed by atoms with Crippen LogP contribution in [0, 0.1) is 0 Å². The second kappa shape index (κ2) is 41.3. The van der Waals surface area contributed by atoms with Gasteiger partial charge >= 0.3 is 0 Å². The molecule has 0 aliphatic carbocycles. The molecule has 0 spiro atoms. The summed E-state index contributed by atoms with van der Waals surface area (Å²) >= 11 is 0. The average molecular weight is 841 g/mol. The number of allylic oxidation sites excluding steroid dienone is 2. The molecule has 2 N–H and O–H groups in total. The number of amides is 1. The Morgan fingerprint density at radius 3 is 1.33 bits per heavy atom. The molecule has 0 saturated heterocycles. The first-order valence-electron chi connectivity index (χ1n) is 24.7. The number of phosphoric ester groups is 1. The number of aliphatic hydroxyl groups is 1. The van der Waals surface area contributed by atoms with Crippen LogP contribution in [0.25, 0.3) is 0 Å². The van der Waals surface area contributed by atoms with Gasteiger partial charge in [0.05, 0.1) is 39.9 Å². The van der Waals surface area contributed by atoms with E-state index in [4.69, 9.17) is 9.05 Å². The van der Waals surface area contributed by atoms with Crippen molar-refractivity contribution in [2.45, 2.75) is 244 Å². The monoisotopic (exact) mass is 841 g/mol. The number of rotatable bonds is 45. The van der Waals surface area contributed by atoms with Gasteiger partial charge in [-0.25, -0.2) is 0 Å². The number of unbranched alkanes of at least 4 members (excludes halogenated alkanes) is 30. The summed E-state index contributed by atoms with van der Waals surface area (Å²) in [6, 6.07) is -0.878. The fraction of sp³-hybridized carbons (Fsp3) is 0.898. The molecule has 1 amide bonds. The van der Waals surface area contributed by atoms with Gasteiger partial charge in [-0.1, -0.05) is 218 Å². The van der Waals surface area contributed by atoms with Gasteiger partial charge in [-0.05, 0) is 32.1 Å². The van der Waals surface area contributed by atoms with Crippen molar-refractivity contribution in [3.63, 3.8) is 0 Å². The minimum atomic E-state index is -4.59. The van der Waals surface area contributed by atoms with Crippen LogP contribution in [0.4, 0.5) is 0 Å². The summed E-state index contributed by atoms with van der Waals surface area (Å²) in [5.41, 5.74) is 0. The quantitative estimate of drug-likeness (QED) is 0.0274. The fourth-order valence-electron chi connectivity index (χ4n) is 7.24. The maximum Gasteiger partial charge on any atom is 0.268 e. The van der Waals surface area contributed by atoms with E-state index in [1.54, 1.807) is 0 Å². The molecule has 0 aromatic rings. The van der Waals surface area contributed by atoms with E-state index in [2.05, 4.69) is 31.3 Å². The van der Waals surface area contributed by atoms with Crippen LogP contribution in [-0.2, 0) is 18.4 Å². The molecule has 0 radical (unpaired) electrons. The number of nitrogens with zero attached hydrogens (tertiary/aromatic N) is 1. The van der Waals surface area contributed by atoms with Crippen molar-refractivity contribution in [1.82, 2.24) is 5.32 Å². The highest BCUT2D eigenvalue weighted by Crippen LogP contribution is 2.38. The van der Waals surface area contributed by atoms with E-state index in [0.717, 1.165) is 25.7 Å². The molecule has 0 aromatic carbocycles. The van der Waals surface area contributed by atoms with Crippen LogP contribution in [0.1, 0.15) is 232 Å². The first-order valence-corrected chi connectivity index (χ1v) is 26.1. The number of hydrogen-bond donors (Lipinski definition) is 2. The predicted octanol–water partition coefficient (Wildman–Crippen LogP) is 13.5. The molecule has 3 atom stereocenters. The lowest BCUT2D eigenvalue weighted by Crippen LogP contribution is -2.46. The number of hydrogen-bond acceptors (Lipinski definition) is 6. The molecular formula is C49H97N2O6P. The topological polar surface area (TPSA) is 108 Å². The Kier molecular flexibility index (Phi) is 40.6. The highest BCUT2D eigenvalue weighted by molar-refractivity contribution is 7.45. The molecule has 8 nitrogen and oxygen atoms in total. The van der Waals surface area contributed by atoms with Crippen LogP contribution in [-0.4, -0.2) is 68.5 Å². The van der Waals surface area contributed by atoms with E-state index < -0.39 is 20.0 Å². The Morgan fingerprint density at radius 1 is 0.586 bits per heavy atom. The molecule has 0 aromatic heterocycles. The molecule has 0 fully saturated rings. The van der Waals surface area contributed by atoms with Gasteiger partial charge in [0.15, 0.2) is 0 Å². The third-order valence-corrected chi connectivity index (χ3v) is 12.2. The summed E-state index contributed by atoms with van der Waals surface area (Å²) in [4.78, 5) is 25.3. The number of carbonyl (C=O) groups excluding carboxylic acids is 1. The number of aliphatic hydroxyl groups excluding tert-OH is 1. The van der Waals surface area contributed by atoms with Crippen molar-refractivity contribution in [3.05, 3.63) is 24.3 Å². The van der Waals surface area contributed by atoms with Crippen molar-refractivity contribution in [1.29, 1.82) is 0 Å². The van der Waals surface area contributed by atoms with Gasteiger partial charge in [0.25, 0.3) is 7.82 Å². The van der Waals surface area contributed by atoms with E-state index >= 15 is 0 Å². The Morgan fingerprint density at radius 2 is 0.948 bits per heavy atom. The molecule has 0 aliphatic rings. The molecule has 0 rings (SSSR count). The molecule has 1 unspecified atom stereocenters. The number of likely N-dealkylation sites (N-methyl/N-ethyl adjacent to an activating group) is 1. The molecule has 9 heteroatoms.